The van der Waals surface area contributed by atoms with E-state index >= 15 is 0 Å². The first kappa shape index (κ1) is 20.6. The van der Waals surface area contributed by atoms with Crippen LogP contribution >= 0.6 is 23.1 Å². The summed E-state index contributed by atoms with van der Waals surface area (Å²) in [6, 6.07) is 18.2. The molecular weight excluding hydrogens is 410 g/mol. The van der Waals surface area contributed by atoms with Gasteiger partial charge in [-0.1, -0.05) is 75.0 Å². The highest BCUT2D eigenvalue weighted by molar-refractivity contribution is 8.00. The van der Waals surface area contributed by atoms with Crippen LogP contribution in [0.25, 0.3) is 21.3 Å². The Morgan fingerprint density at radius 3 is 2.47 bits per heavy atom. The molecular formula is C24H23N3OS2. The van der Waals surface area contributed by atoms with Gasteiger partial charge in [-0.05, 0) is 28.7 Å². The fourth-order valence-corrected chi connectivity index (χ4v) is 4.96. The van der Waals surface area contributed by atoms with Crippen molar-refractivity contribution in [1.82, 2.24) is 9.97 Å². The van der Waals surface area contributed by atoms with Crippen molar-refractivity contribution in [2.75, 3.05) is 11.1 Å². The summed E-state index contributed by atoms with van der Waals surface area (Å²) in [6.07, 6.45) is 1.57. The van der Waals surface area contributed by atoms with Gasteiger partial charge in [-0.25, -0.2) is 9.97 Å². The Morgan fingerprint density at radius 1 is 1.03 bits per heavy atom. The Morgan fingerprint density at radius 2 is 1.77 bits per heavy atom. The molecule has 152 valence electrons. The van der Waals surface area contributed by atoms with Gasteiger partial charge >= 0.3 is 0 Å². The van der Waals surface area contributed by atoms with E-state index in [0.29, 0.717) is 0 Å². The summed E-state index contributed by atoms with van der Waals surface area (Å²) in [6.45, 7) is 6.52. The summed E-state index contributed by atoms with van der Waals surface area (Å²) in [5.74, 6) is 0.240. The minimum absolute atomic E-state index is 0.0493. The van der Waals surface area contributed by atoms with E-state index in [1.165, 1.54) is 17.3 Å². The highest BCUT2D eigenvalue weighted by Crippen LogP contribution is 2.37. The van der Waals surface area contributed by atoms with Crippen LogP contribution < -0.4 is 5.32 Å². The van der Waals surface area contributed by atoms with Gasteiger partial charge in [0, 0.05) is 16.6 Å². The van der Waals surface area contributed by atoms with Gasteiger partial charge in [0.15, 0.2) is 0 Å². The van der Waals surface area contributed by atoms with Gasteiger partial charge < -0.3 is 5.32 Å². The highest BCUT2D eigenvalue weighted by atomic mass is 32.2. The molecule has 6 heteroatoms. The second-order valence-corrected chi connectivity index (χ2v) is 9.86. The molecule has 0 aliphatic carbocycles. The summed E-state index contributed by atoms with van der Waals surface area (Å²) >= 11 is 3.04. The number of nitrogens with zero attached hydrogens (tertiary/aromatic N) is 2. The number of rotatable bonds is 5. The smallest absolute Gasteiger partial charge is 0.234 e. The molecule has 0 bridgehead atoms. The second kappa shape index (κ2) is 8.58. The van der Waals surface area contributed by atoms with E-state index in [1.807, 2.05) is 30.3 Å². The monoisotopic (exact) mass is 433 g/mol. The number of hydrogen-bond donors (Lipinski definition) is 1. The van der Waals surface area contributed by atoms with Crippen molar-refractivity contribution in [1.29, 1.82) is 0 Å². The Labute approximate surface area is 184 Å². The van der Waals surface area contributed by atoms with E-state index in [9.17, 15) is 4.79 Å². The van der Waals surface area contributed by atoms with Gasteiger partial charge in [-0.15, -0.1) is 11.3 Å². The summed E-state index contributed by atoms with van der Waals surface area (Å²) in [4.78, 5) is 22.3. The molecule has 0 spiro atoms. The summed E-state index contributed by atoms with van der Waals surface area (Å²) < 4.78 is 0. The standard InChI is InChI=1S/C24H23N3OS2/c1-24(2,3)17-9-11-18(12-10-17)27-20(28)14-30-23-21-19(16-7-5-4-6-8-16)13-29-22(21)25-15-26-23/h4-13,15H,14H2,1-3H3,(H,27,28). The normalized spacial score (nSPS) is 11.6. The van der Waals surface area contributed by atoms with Crippen molar-refractivity contribution < 1.29 is 4.79 Å². The number of carbonyl (C=O) groups is 1. The molecule has 2 aromatic heterocycles. The Balaban J connectivity index is 1.48. The van der Waals surface area contributed by atoms with Gasteiger partial charge in [-0.2, -0.15) is 0 Å². The predicted octanol–water partition coefficient (Wildman–Crippen LogP) is 6.39. The zero-order chi connectivity index (χ0) is 21.1. The number of hydrogen-bond acceptors (Lipinski definition) is 5. The number of aromatic nitrogens is 2. The first-order valence-electron chi connectivity index (χ1n) is 9.72. The number of amides is 1. The van der Waals surface area contributed by atoms with Crippen molar-refractivity contribution >= 4 is 44.9 Å². The van der Waals surface area contributed by atoms with Crippen LogP contribution in [-0.4, -0.2) is 21.6 Å². The first-order valence-corrected chi connectivity index (χ1v) is 11.6. The molecule has 0 saturated carbocycles. The van der Waals surface area contributed by atoms with Crippen LogP contribution in [0.1, 0.15) is 26.3 Å². The van der Waals surface area contributed by atoms with E-state index in [-0.39, 0.29) is 17.1 Å². The molecule has 0 saturated heterocycles. The molecule has 2 aromatic carbocycles. The lowest BCUT2D eigenvalue weighted by Gasteiger charge is -2.19. The Bertz CT molecular complexity index is 1160. The molecule has 4 nitrogen and oxygen atoms in total. The fraction of sp³-hybridized carbons (Fsp3) is 0.208. The fourth-order valence-electron chi connectivity index (χ4n) is 3.17. The lowest BCUT2D eigenvalue weighted by atomic mass is 9.87. The zero-order valence-electron chi connectivity index (χ0n) is 17.2. The number of anilines is 1. The molecule has 1 amide bonds. The van der Waals surface area contributed by atoms with E-state index in [4.69, 9.17) is 0 Å². The average Bonchev–Trinajstić information content (AvgIpc) is 3.17. The van der Waals surface area contributed by atoms with Gasteiger partial charge in [0.2, 0.25) is 5.91 Å². The summed E-state index contributed by atoms with van der Waals surface area (Å²) in [5.41, 5.74) is 4.38. The zero-order valence-corrected chi connectivity index (χ0v) is 18.8. The Kier molecular flexibility index (Phi) is 5.88. The maximum Gasteiger partial charge on any atom is 0.234 e. The van der Waals surface area contributed by atoms with E-state index < -0.39 is 0 Å². The number of thioether (sulfide) groups is 1. The molecule has 4 rings (SSSR count). The lowest BCUT2D eigenvalue weighted by molar-refractivity contribution is -0.113. The topological polar surface area (TPSA) is 54.9 Å². The molecule has 2 heterocycles. The Hall–Kier alpha value is -2.70. The minimum Gasteiger partial charge on any atom is -0.325 e. The maximum atomic E-state index is 12.5. The largest absolute Gasteiger partial charge is 0.325 e. The van der Waals surface area contributed by atoms with Crippen molar-refractivity contribution in [3.63, 3.8) is 0 Å². The molecule has 30 heavy (non-hydrogen) atoms. The highest BCUT2D eigenvalue weighted by Gasteiger charge is 2.16. The molecule has 0 radical (unpaired) electrons. The number of nitrogens with one attached hydrogen (secondary N) is 1. The number of carbonyl (C=O) groups excluding carboxylic acids is 1. The summed E-state index contributed by atoms with van der Waals surface area (Å²) in [7, 11) is 0. The van der Waals surface area contributed by atoms with Crippen LogP contribution in [0.4, 0.5) is 5.69 Å². The van der Waals surface area contributed by atoms with Crippen molar-refractivity contribution in [2.45, 2.75) is 31.2 Å². The van der Waals surface area contributed by atoms with Crippen molar-refractivity contribution in [3.8, 4) is 11.1 Å². The van der Waals surface area contributed by atoms with Crippen LogP contribution in [0.3, 0.4) is 0 Å². The van der Waals surface area contributed by atoms with Crippen molar-refractivity contribution in [2.24, 2.45) is 0 Å². The SMILES string of the molecule is CC(C)(C)c1ccc(NC(=O)CSc2ncnc3scc(-c4ccccc4)c23)cc1. The van der Waals surface area contributed by atoms with Crippen LogP contribution in [0.5, 0.6) is 0 Å². The maximum absolute atomic E-state index is 12.5. The average molecular weight is 434 g/mol. The second-order valence-electron chi connectivity index (χ2n) is 8.04. The number of thiophene rings is 1. The van der Waals surface area contributed by atoms with E-state index in [1.54, 1.807) is 17.7 Å². The molecule has 0 aliphatic heterocycles. The van der Waals surface area contributed by atoms with E-state index in [2.05, 4.69) is 65.7 Å². The first-order chi connectivity index (χ1) is 14.4. The van der Waals surface area contributed by atoms with Gasteiger partial charge in [0.25, 0.3) is 0 Å². The predicted molar refractivity (Wildman–Crippen MR) is 127 cm³/mol. The van der Waals surface area contributed by atoms with E-state index in [0.717, 1.165) is 32.1 Å². The quantitative estimate of drug-likeness (QED) is 0.293. The third-order valence-corrected chi connectivity index (χ3v) is 6.67. The third kappa shape index (κ3) is 4.55. The van der Waals surface area contributed by atoms with Gasteiger partial charge in [-0.3, -0.25) is 4.79 Å². The summed E-state index contributed by atoms with van der Waals surface area (Å²) in [5, 5.41) is 6.93. The molecule has 4 aromatic rings. The van der Waals surface area contributed by atoms with Crippen LogP contribution in [0, 0.1) is 0 Å². The van der Waals surface area contributed by atoms with Gasteiger partial charge in [0.05, 0.1) is 11.1 Å². The van der Waals surface area contributed by atoms with Crippen LogP contribution in [0.2, 0.25) is 0 Å². The van der Waals surface area contributed by atoms with Crippen molar-refractivity contribution in [3.05, 3.63) is 71.9 Å². The number of benzene rings is 2. The third-order valence-electron chi connectivity index (χ3n) is 4.79. The van der Waals surface area contributed by atoms with Crippen LogP contribution in [0.15, 0.2) is 71.3 Å². The van der Waals surface area contributed by atoms with Gasteiger partial charge in [0.1, 0.15) is 16.2 Å². The molecule has 0 aliphatic rings. The molecule has 0 fully saturated rings. The van der Waals surface area contributed by atoms with Crippen LogP contribution in [-0.2, 0) is 10.2 Å². The molecule has 0 atom stereocenters. The number of fused-ring (bicyclic) bond motifs is 1. The minimum atomic E-state index is -0.0493. The molecule has 0 unspecified atom stereocenters. The molecule has 1 N–H and O–H groups in total. The lowest BCUT2D eigenvalue weighted by Crippen LogP contribution is -2.15.